The molecule has 24 heavy (non-hydrogen) atoms. The highest BCUT2D eigenvalue weighted by Gasteiger charge is 2.21. The standard InChI is InChI=1S/C17H17N3O3S/c1-3-13(19-10(2)21)16(23)20-17-12(15(18)22)9-14(24-17)11-7-5-4-6-8-11/h3-9,13H,1H2,2H3,(H2,18,22)(H,19,21)(H,20,23). The van der Waals surface area contributed by atoms with Gasteiger partial charge in [-0.15, -0.1) is 17.9 Å². The number of anilines is 1. The van der Waals surface area contributed by atoms with E-state index in [1.54, 1.807) is 6.07 Å². The number of hydrogen-bond acceptors (Lipinski definition) is 4. The molecule has 0 aliphatic heterocycles. The van der Waals surface area contributed by atoms with Crippen LogP contribution < -0.4 is 16.4 Å². The Hall–Kier alpha value is -2.93. The minimum absolute atomic E-state index is 0.220. The monoisotopic (exact) mass is 343 g/mol. The lowest BCUT2D eigenvalue weighted by molar-refractivity contribution is -0.124. The Balaban J connectivity index is 2.30. The number of primary amides is 1. The molecule has 1 aromatic heterocycles. The zero-order valence-electron chi connectivity index (χ0n) is 13.0. The fourth-order valence-corrected chi connectivity index (χ4v) is 3.12. The average molecular weight is 343 g/mol. The smallest absolute Gasteiger partial charge is 0.251 e. The van der Waals surface area contributed by atoms with Crippen LogP contribution in [0, 0.1) is 0 Å². The molecule has 0 aliphatic rings. The van der Waals surface area contributed by atoms with Crippen molar-refractivity contribution >= 4 is 34.1 Å². The van der Waals surface area contributed by atoms with E-state index in [9.17, 15) is 14.4 Å². The van der Waals surface area contributed by atoms with Crippen molar-refractivity contribution in [1.29, 1.82) is 0 Å². The Labute approximate surface area is 143 Å². The summed E-state index contributed by atoms with van der Waals surface area (Å²) in [6.07, 6.45) is 1.31. The van der Waals surface area contributed by atoms with E-state index in [2.05, 4.69) is 17.2 Å². The second-order valence-corrected chi connectivity index (χ2v) is 6.04. The lowest BCUT2D eigenvalue weighted by Gasteiger charge is -2.13. The van der Waals surface area contributed by atoms with Gasteiger partial charge in [-0.05, 0) is 11.6 Å². The molecule has 1 heterocycles. The van der Waals surface area contributed by atoms with Crippen LogP contribution in [0.4, 0.5) is 5.00 Å². The number of rotatable bonds is 6. The van der Waals surface area contributed by atoms with Gasteiger partial charge in [-0.25, -0.2) is 0 Å². The topological polar surface area (TPSA) is 101 Å². The van der Waals surface area contributed by atoms with Gasteiger partial charge in [0.05, 0.1) is 5.56 Å². The first-order chi connectivity index (χ1) is 11.4. The molecule has 2 rings (SSSR count). The molecule has 6 nitrogen and oxygen atoms in total. The van der Waals surface area contributed by atoms with Crippen LogP contribution in [0.1, 0.15) is 17.3 Å². The summed E-state index contributed by atoms with van der Waals surface area (Å²) in [5.41, 5.74) is 6.53. The number of carbonyl (C=O) groups is 3. The van der Waals surface area contributed by atoms with Crippen LogP contribution in [0.25, 0.3) is 10.4 Å². The van der Waals surface area contributed by atoms with Gasteiger partial charge in [-0.3, -0.25) is 14.4 Å². The highest BCUT2D eigenvalue weighted by Crippen LogP contribution is 2.35. The first-order valence-electron chi connectivity index (χ1n) is 7.12. The number of nitrogens with two attached hydrogens (primary N) is 1. The van der Waals surface area contributed by atoms with Gasteiger partial charge in [0.2, 0.25) is 5.91 Å². The van der Waals surface area contributed by atoms with E-state index in [4.69, 9.17) is 5.73 Å². The summed E-state index contributed by atoms with van der Waals surface area (Å²) in [6.45, 7) is 4.83. The van der Waals surface area contributed by atoms with Crippen LogP contribution in [-0.4, -0.2) is 23.8 Å². The molecule has 0 saturated heterocycles. The molecule has 4 N–H and O–H groups in total. The molecule has 0 saturated carbocycles. The predicted octanol–water partition coefficient (Wildman–Crippen LogP) is 2.14. The molecule has 0 fully saturated rings. The Kier molecular flexibility index (Phi) is 5.49. The Morgan fingerprint density at radius 1 is 1.25 bits per heavy atom. The van der Waals surface area contributed by atoms with E-state index in [1.807, 2.05) is 30.3 Å². The van der Waals surface area contributed by atoms with Crippen molar-refractivity contribution in [2.75, 3.05) is 5.32 Å². The molecule has 1 aromatic carbocycles. The first-order valence-corrected chi connectivity index (χ1v) is 7.93. The summed E-state index contributed by atoms with van der Waals surface area (Å²) in [7, 11) is 0. The van der Waals surface area contributed by atoms with Crippen LogP contribution >= 0.6 is 11.3 Å². The van der Waals surface area contributed by atoms with Crippen molar-refractivity contribution in [1.82, 2.24) is 5.32 Å². The molecule has 0 spiro atoms. The van der Waals surface area contributed by atoms with Crippen molar-refractivity contribution in [3.05, 3.63) is 54.6 Å². The number of nitrogens with one attached hydrogen (secondary N) is 2. The quantitative estimate of drug-likeness (QED) is 0.700. The number of amides is 3. The molecule has 1 atom stereocenters. The third-order valence-corrected chi connectivity index (χ3v) is 4.27. The Morgan fingerprint density at radius 2 is 1.92 bits per heavy atom. The zero-order chi connectivity index (χ0) is 17.7. The maximum absolute atomic E-state index is 12.3. The zero-order valence-corrected chi connectivity index (χ0v) is 13.9. The minimum atomic E-state index is -0.898. The van der Waals surface area contributed by atoms with E-state index < -0.39 is 17.9 Å². The van der Waals surface area contributed by atoms with Crippen molar-refractivity contribution < 1.29 is 14.4 Å². The van der Waals surface area contributed by atoms with Crippen molar-refractivity contribution in [3.63, 3.8) is 0 Å². The maximum atomic E-state index is 12.3. The fraction of sp³-hybridized carbons (Fsp3) is 0.118. The third-order valence-electron chi connectivity index (χ3n) is 3.17. The Bertz CT molecular complexity index is 784. The van der Waals surface area contributed by atoms with Gasteiger partial charge in [0, 0.05) is 11.8 Å². The van der Waals surface area contributed by atoms with E-state index in [0.717, 1.165) is 10.4 Å². The lowest BCUT2D eigenvalue weighted by Crippen LogP contribution is -2.41. The summed E-state index contributed by atoms with van der Waals surface area (Å²) in [4.78, 5) is 35.8. The summed E-state index contributed by atoms with van der Waals surface area (Å²) in [5.74, 6) is -1.50. The average Bonchev–Trinajstić information content (AvgIpc) is 2.97. The van der Waals surface area contributed by atoms with Gasteiger partial charge < -0.3 is 16.4 Å². The molecular weight excluding hydrogens is 326 g/mol. The van der Waals surface area contributed by atoms with Crippen molar-refractivity contribution in [2.45, 2.75) is 13.0 Å². The van der Waals surface area contributed by atoms with Gasteiger partial charge in [0.1, 0.15) is 11.0 Å². The maximum Gasteiger partial charge on any atom is 0.251 e. The van der Waals surface area contributed by atoms with Gasteiger partial charge in [-0.2, -0.15) is 0 Å². The molecular formula is C17H17N3O3S. The number of thiophene rings is 1. The molecule has 124 valence electrons. The van der Waals surface area contributed by atoms with Crippen LogP contribution in [0.15, 0.2) is 49.1 Å². The third kappa shape index (κ3) is 4.08. The molecule has 0 aliphatic carbocycles. The first kappa shape index (κ1) is 17.4. The van der Waals surface area contributed by atoms with Crippen LogP contribution in [0.3, 0.4) is 0 Å². The molecule has 1 unspecified atom stereocenters. The van der Waals surface area contributed by atoms with E-state index in [-0.39, 0.29) is 11.5 Å². The molecule has 7 heteroatoms. The normalized spacial score (nSPS) is 11.4. The second kappa shape index (κ2) is 7.56. The number of benzene rings is 1. The summed E-state index contributed by atoms with van der Waals surface area (Å²) in [5, 5.41) is 5.42. The lowest BCUT2D eigenvalue weighted by atomic mass is 10.1. The van der Waals surface area contributed by atoms with Crippen LogP contribution in [0.2, 0.25) is 0 Å². The van der Waals surface area contributed by atoms with Crippen molar-refractivity contribution in [2.24, 2.45) is 5.73 Å². The summed E-state index contributed by atoms with van der Waals surface area (Å²) >= 11 is 1.24. The van der Waals surface area contributed by atoms with E-state index in [0.29, 0.717) is 5.00 Å². The van der Waals surface area contributed by atoms with E-state index in [1.165, 1.54) is 24.3 Å². The Morgan fingerprint density at radius 3 is 2.46 bits per heavy atom. The second-order valence-electron chi connectivity index (χ2n) is 4.99. The number of carbonyl (C=O) groups excluding carboxylic acids is 3. The van der Waals surface area contributed by atoms with Gasteiger partial charge in [0.25, 0.3) is 11.8 Å². The van der Waals surface area contributed by atoms with Gasteiger partial charge >= 0.3 is 0 Å². The highest BCUT2D eigenvalue weighted by molar-refractivity contribution is 7.20. The van der Waals surface area contributed by atoms with Gasteiger partial charge in [0.15, 0.2) is 0 Å². The van der Waals surface area contributed by atoms with E-state index >= 15 is 0 Å². The molecule has 3 amide bonds. The summed E-state index contributed by atoms with van der Waals surface area (Å²) in [6, 6.07) is 10.2. The SMILES string of the molecule is C=CC(NC(C)=O)C(=O)Nc1sc(-c2ccccc2)cc1C(N)=O. The largest absolute Gasteiger partial charge is 0.366 e. The number of hydrogen-bond donors (Lipinski definition) is 3. The summed E-state index contributed by atoms with van der Waals surface area (Å²) < 4.78 is 0. The molecule has 0 radical (unpaired) electrons. The van der Waals surface area contributed by atoms with Crippen LogP contribution in [0.5, 0.6) is 0 Å². The van der Waals surface area contributed by atoms with Crippen LogP contribution in [-0.2, 0) is 9.59 Å². The predicted molar refractivity (Wildman–Crippen MR) is 94.7 cm³/mol. The van der Waals surface area contributed by atoms with Crippen molar-refractivity contribution in [3.8, 4) is 10.4 Å². The minimum Gasteiger partial charge on any atom is -0.366 e. The highest BCUT2D eigenvalue weighted by atomic mass is 32.1. The van der Waals surface area contributed by atoms with Gasteiger partial charge in [-0.1, -0.05) is 36.4 Å². The fourth-order valence-electron chi connectivity index (χ4n) is 2.05. The molecule has 0 bridgehead atoms. The molecule has 2 aromatic rings.